The Morgan fingerprint density at radius 3 is 2.47 bits per heavy atom. The third-order valence-electron chi connectivity index (χ3n) is 5.38. The molecular formula is C25H27N5O3S. The van der Waals surface area contributed by atoms with E-state index in [0.29, 0.717) is 42.0 Å². The molecule has 8 nitrogen and oxygen atoms in total. The molecule has 4 aromatic rings. The second kappa shape index (κ2) is 11.0. The Hall–Kier alpha value is -3.59. The predicted octanol–water partition coefficient (Wildman–Crippen LogP) is 4.63. The van der Waals surface area contributed by atoms with Crippen LogP contribution in [0.4, 0.5) is 0 Å². The standard InChI is InChI=1S/C25H27N5O3S/c1-4-29(5-2)24(31)21-16-33-23(26-21)17-34-25-28-27-22(15-18-9-7-6-8-10-18)30(25)19-11-13-20(32-3)14-12-19/h6-14,16H,4-5,15,17H2,1-3H3. The number of nitrogens with zero attached hydrogens (tertiary/aromatic N) is 5. The number of ether oxygens (including phenoxy) is 1. The highest BCUT2D eigenvalue weighted by molar-refractivity contribution is 7.98. The van der Waals surface area contributed by atoms with Gasteiger partial charge in [-0.25, -0.2) is 4.98 Å². The topological polar surface area (TPSA) is 86.3 Å². The second-order valence-corrected chi connectivity index (χ2v) is 8.43. The maximum atomic E-state index is 12.5. The molecule has 0 saturated heterocycles. The normalized spacial score (nSPS) is 10.9. The summed E-state index contributed by atoms with van der Waals surface area (Å²) in [7, 11) is 1.64. The summed E-state index contributed by atoms with van der Waals surface area (Å²) in [5, 5.41) is 9.63. The number of carbonyl (C=O) groups excluding carboxylic acids is 1. The number of thioether (sulfide) groups is 1. The summed E-state index contributed by atoms with van der Waals surface area (Å²) in [4.78, 5) is 18.6. The van der Waals surface area contributed by atoms with Crippen LogP contribution in [0.5, 0.6) is 5.75 Å². The van der Waals surface area contributed by atoms with Crippen molar-refractivity contribution in [3.05, 3.63) is 83.8 Å². The zero-order valence-electron chi connectivity index (χ0n) is 19.5. The fourth-order valence-corrected chi connectivity index (χ4v) is 4.38. The molecule has 2 aromatic carbocycles. The van der Waals surface area contributed by atoms with Crippen molar-refractivity contribution < 1.29 is 13.9 Å². The first-order valence-electron chi connectivity index (χ1n) is 11.1. The molecular weight excluding hydrogens is 450 g/mol. The maximum Gasteiger partial charge on any atom is 0.275 e. The number of hydrogen-bond acceptors (Lipinski definition) is 7. The van der Waals surface area contributed by atoms with Crippen LogP contribution < -0.4 is 4.74 Å². The number of methoxy groups -OCH3 is 1. The van der Waals surface area contributed by atoms with Gasteiger partial charge in [-0.05, 0) is 43.7 Å². The Morgan fingerprint density at radius 2 is 1.79 bits per heavy atom. The molecule has 0 spiro atoms. The molecule has 9 heteroatoms. The number of amides is 1. The summed E-state index contributed by atoms with van der Waals surface area (Å²) >= 11 is 1.46. The fourth-order valence-electron chi connectivity index (χ4n) is 3.55. The van der Waals surface area contributed by atoms with Gasteiger partial charge in [-0.1, -0.05) is 42.1 Å². The quantitative estimate of drug-likeness (QED) is 0.308. The van der Waals surface area contributed by atoms with Crippen molar-refractivity contribution in [1.29, 1.82) is 0 Å². The molecule has 0 N–H and O–H groups in total. The number of rotatable bonds is 10. The number of hydrogen-bond donors (Lipinski definition) is 0. The van der Waals surface area contributed by atoms with E-state index in [0.717, 1.165) is 22.8 Å². The monoisotopic (exact) mass is 477 g/mol. The van der Waals surface area contributed by atoms with Gasteiger partial charge in [0.25, 0.3) is 5.91 Å². The van der Waals surface area contributed by atoms with Crippen molar-refractivity contribution in [2.24, 2.45) is 0 Å². The summed E-state index contributed by atoms with van der Waals surface area (Å²) < 4.78 is 12.9. The molecule has 0 bridgehead atoms. The smallest absolute Gasteiger partial charge is 0.275 e. The molecule has 4 rings (SSSR count). The van der Waals surface area contributed by atoms with E-state index in [-0.39, 0.29) is 5.91 Å². The minimum absolute atomic E-state index is 0.128. The van der Waals surface area contributed by atoms with Crippen molar-refractivity contribution in [2.45, 2.75) is 31.2 Å². The highest BCUT2D eigenvalue weighted by Gasteiger charge is 2.19. The van der Waals surface area contributed by atoms with Gasteiger partial charge in [-0.15, -0.1) is 10.2 Å². The first kappa shape index (κ1) is 23.6. The lowest BCUT2D eigenvalue weighted by Crippen LogP contribution is -2.30. The van der Waals surface area contributed by atoms with Gasteiger partial charge in [0.05, 0.1) is 12.9 Å². The number of oxazole rings is 1. The number of carbonyl (C=O) groups is 1. The van der Waals surface area contributed by atoms with Gasteiger partial charge in [0.1, 0.15) is 17.8 Å². The lowest BCUT2D eigenvalue weighted by atomic mass is 10.1. The predicted molar refractivity (Wildman–Crippen MR) is 130 cm³/mol. The van der Waals surface area contributed by atoms with Crippen molar-refractivity contribution in [1.82, 2.24) is 24.6 Å². The first-order valence-corrected chi connectivity index (χ1v) is 12.1. The third kappa shape index (κ3) is 5.31. The van der Waals surface area contributed by atoms with Gasteiger partial charge in [-0.2, -0.15) is 0 Å². The van der Waals surface area contributed by atoms with E-state index >= 15 is 0 Å². The van der Waals surface area contributed by atoms with Crippen LogP contribution in [0, 0.1) is 0 Å². The van der Waals surface area contributed by atoms with Gasteiger partial charge < -0.3 is 14.1 Å². The second-order valence-electron chi connectivity index (χ2n) is 7.49. The summed E-state index contributed by atoms with van der Waals surface area (Å²) in [6, 6.07) is 17.9. The Balaban J connectivity index is 1.57. The Kier molecular flexibility index (Phi) is 7.64. The summed E-state index contributed by atoms with van der Waals surface area (Å²) in [6.07, 6.45) is 2.06. The number of benzene rings is 2. The molecule has 2 aromatic heterocycles. The Morgan fingerprint density at radius 1 is 1.06 bits per heavy atom. The molecule has 0 atom stereocenters. The lowest BCUT2D eigenvalue weighted by Gasteiger charge is -2.16. The molecule has 176 valence electrons. The van der Waals surface area contributed by atoms with E-state index < -0.39 is 0 Å². The molecule has 0 fully saturated rings. The van der Waals surface area contributed by atoms with Gasteiger partial charge in [0, 0.05) is 25.2 Å². The van der Waals surface area contributed by atoms with Gasteiger partial charge in [-0.3, -0.25) is 9.36 Å². The van der Waals surface area contributed by atoms with Crippen LogP contribution >= 0.6 is 11.8 Å². The van der Waals surface area contributed by atoms with E-state index in [4.69, 9.17) is 9.15 Å². The minimum Gasteiger partial charge on any atom is -0.497 e. The molecule has 0 aliphatic rings. The van der Waals surface area contributed by atoms with Gasteiger partial charge in [0.15, 0.2) is 10.9 Å². The third-order valence-corrected chi connectivity index (χ3v) is 6.30. The maximum absolute atomic E-state index is 12.5. The average molecular weight is 478 g/mol. The van der Waals surface area contributed by atoms with Gasteiger partial charge >= 0.3 is 0 Å². The molecule has 0 saturated carbocycles. The molecule has 0 radical (unpaired) electrons. The van der Waals surface area contributed by atoms with Crippen molar-refractivity contribution >= 4 is 17.7 Å². The summed E-state index contributed by atoms with van der Waals surface area (Å²) in [5.41, 5.74) is 2.40. The van der Waals surface area contributed by atoms with Crippen LogP contribution in [0.25, 0.3) is 5.69 Å². The van der Waals surface area contributed by atoms with Crippen LogP contribution in [0.3, 0.4) is 0 Å². The molecule has 34 heavy (non-hydrogen) atoms. The molecule has 0 aliphatic heterocycles. The molecule has 0 aliphatic carbocycles. The minimum atomic E-state index is -0.128. The molecule has 2 heterocycles. The summed E-state index contributed by atoms with van der Waals surface area (Å²) in [6.45, 7) is 5.14. The SMILES string of the molecule is CCN(CC)C(=O)c1coc(CSc2nnc(Cc3ccccc3)n2-c2ccc(OC)cc2)n1. The average Bonchev–Trinajstić information content (AvgIpc) is 3.51. The Bertz CT molecular complexity index is 1220. The highest BCUT2D eigenvalue weighted by Crippen LogP contribution is 2.27. The zero-order valence-corrected chi connectivity index (χ0v) is 20.3. The van der Waals surface area contributed by atoms with Crippen molar-refractivity contribution in [3.63, 3.8) is 0 Å². The fraction of sp³-hybridized carbons (Fsp3) is 0.280. The van der Waals surface area contributed by atoms with Crippen LogP contribution in [-0.4, -0.2) is 50.8 Å². The number of aromatic nitrogens is 4. The summed E-state index contributed by atoms with van der Waals surface area (Å²) in [5.74, 6) is 2.36. The van der Waals surface area contributed by atoms with E-state index in [1.54, 1.807) is 12.0 Å². The first-order chi connectivity index (χ1) is 16.6. The van der Waals surface area contributed by atoms with E-state index in [1.165, 1.54) is 18.0 Å². The van der Waals surface area contributed by atoms with Crippen LogP contribution in [0.15, 0.2) is 70.4 Å². The van der Waals surface area contributed by atoms with Crippen LogP contribution in [-0.2, 0) is 12.2 Å². The zero-order chi connectivity index (χ0) is 23.9. The van der Waals surface area contributed by atoms with Gasteiger partial charge in [0.2, 0.25) is 5.89 Å². The highest BCUT2D eigenvalue weighted by atomic mass is 32.2. The Labute approximate surface area is 203 Å². The van der Waals surface area contributed by atoms with Crippen LogP contribution in [0.2, 0.25) is 0 Å². The van der Waals surface area contributed by atoms with E-state index in [2.05, 4.69) is 27.3 Å². The lowest BCUT2D eigenvalue weighted by molar-refractivity contribution is 0.0767. The van der Waals surface area contributed by atoms with E-state index in [9.17, 15) is 4.79 Å². The molecule has 0 unspecified atom stereocenters. The van der Waals surface area contributed by atoms with E-state index in [1.807, 2.05) is 60.9 Å². The largest absolute Gasteiger partial charge is 0.497 e. The van der Waals surface area contributed by atoms with Crippen molar-refractivity contribution in [3.8, 4) is 11.4 Å². The van der Waals surface area contributed by atoms with Crippen LogP contribution in [0.1, 0.15) is 41.6 Å². The molecule has 1 amide bonds. The van der Waals surface area contributed by atoms with Crippen molar-refractivity contribution in [2.75, 3.05) is 20.2 Å².